The van der Waals surface area contributed by atoms with Crippen LogP contribution in [-0.4, -0.2) is 56.7 Å². The number of guanidine groups is 1. The number of ether oxygens (including phenoxy) is 1. The molecule has 0 aliphatic carbocycles. The Bertz CT molecular complexity index is 675. The summed E-state index contributed by atoms with van der Waals surface area (Å²) in [6, 6.07) is 7.23. The molecule has 0 saturated carbocycles. The van der Waals surface area contributed by atoms with E-state index in [0.29, 0.717) is 11.6 Å². The van der Waals surface area contributed by atoms with Gasteiger partial charge in [0.15, 0.2) is 5.96 Å². The van der Waals surface area contributed by atoms with Crippen molar-refractivity contribution in [3.63, 3.8) is 0 Å². The van der Waals surface area contributed by atoms with Crippen molar-refractivity contribution in [3.05, 3.63) is 29.8 Å². The van der Waals surface area contributed by atoms with E-state index in [1.807, 2.05) is 32.2 Å². The van der Waals surface area contributed by atoms with Gasteiger partial charge in [0, 0.05) is 44.6 Å². The second kappa shape index (κ2) is 11.2. The van der Waals surface area contributed by atoms with E-state index in [-0.39, 0.29) is 12.5 Å². The highest BCUT2D eigenvalue weighted by Crippen LogP contribution is 2.18. The van der Waals surface area contributed by atoms with Gasteiger partial charge >= 0.3 is 0 Å². The number of hydrogen-bond donors (Lipinski definition) is 2. The summed E-state index contributed by atoms with van der Waals surface area (Å²) in [7, 11) is 2.01. The molecule has 0 aromatic heterocycles. The van der Waals surface area contributed by atoms with Gasteiger partial charge in [0.2, 0.25) is 5.91 Å². The molecule has 0 radical (unpaired) electrons. The van der Waals surface area contributed by atoms with E-state index in [2.05, 4.69) is 26.4 Å². The molecule has 6 heteroatoms. The summed E-state index contributed by atoms with van der Waals surface area (Å²) in [6.07, 6.45) is 8.75. The molecule has 1 aliphatic heterocycles. The van der Waals surface area contributed by atoms with Gasteiger partial charge < -0.3 is 20.3 Å². The van der Waals surface area contributed by atoms with Crippen molar-refractivity contribution in [2.24, 2.45) is 10.9 Å². The molecule has 1 heterocycles. The highest BCUT2D eigenvalue weighted by molar-refractivity contribution is 5.94. The van der Waals surface area contributed by atoms with E-state index in [1.54, 1.807) is 6.07 Å². The summed E-state index contributed by atoms with van der Waals surface area (Å²) in [5.41, 5.74) is 1.42. The number of nitrogens with zero attached hydrogens (tertiary/aromatic N) is 2. The van der Waals surface area contributed by atoms with E-state index in [9.17, 15) is 4.79 Å². The number of amides is 1. The average molecular weight is 370 g/mol. The lowest BCUT2D eigenvalue weighted by molar-refractivity contribution is -0.114. The van der Waals surface area contributed by atoms with Gasteiger partial charge in [0.1, 0.15) is 6.54 Å². The van der Waals surface area contributed by atoms with Crippen molar-refractivity contribution in [2.75, 3.05) is 45.2 Å². The van der Waals surface area contributed by atoms with Crippen LogP contribution in [0, 0.1) is 18.3 Å². The Morgan fingerprint density at radius 1 is 1.41 bits per heavy atom. The van der Waals surface area contributed by atoms with E-state index in [4.69, 9.17) is 11.2 Å². The summed E-state index contributed by atoms with van der Waals surface area (Å²) in [4.78, 5) is 18.8. The number of hydrogen-bond acceptors (Lipinski definition) is 3. The Morgan fingerprint density at radius 3 is 2.89 bits per heavy atom. The van der Waals surface area contributed by atoms with Crippen LogP contribution in [0.1, 0.15) is 31.7 Å². The molecule has 146 valence electrons. The number of benzene rings is 1. The standard InChI is InChI=1S/C21H30N4O2/c1-4-17-7-6-8-19(15-17)24-20(26)16-23-21(22-5-2)25(3)12-9-18-10-13-27-14-11-18/h1,6-8,15,18H,5,9-14,16H2,2-3H3,(H,22,23)(H,24,26). The maximum Gasteiger partial charge on any atom is 0.246 e. The van der Waals surface area contributed by atoms with Gasteiger partial charge in [-0.2, -0.15) is 0 Å². The maximum atomic E-state index is 12.2. The van der Waals surface area contributed by atoms with Crippen LogP contribution in [0.15, 0.2) is 29.3 Å². The largest absolute Gasteiger partial charge is 0.381 e. The number of carbonyl (C=O) groups is 1. The first-order valence-corrected chi connectivity index (χ1v) is 9.56. The van der Waals surface area contributed by atoms with Gasteiger partial charge in [-0.3, -0.25) is 4.79 Å². The molecule has 0 spiro atoms. The first-order valence-electron chi connectivity index (χ1n) is 9.56. The van der Waals surface area contributed by atoms with Crippen molar-refractivity contribution < 1.29 is 9.53 Å². The summed E-state index contributed by atoms with van der Waals surface area (Å²) in [5, 5.41) is 6.09. The second-order valence-electron chi connectivity index (χ2n) is 6.71. The predicted octanol–water partition coefficient (Wildman–Crippen LogP) is 2.32. The molecular weight excluding hydrogens is 340 g/mol. The number of aliphatic imine (C=N–C) groups is 1. The van der Waals surface area contributed by atoms with Gasteiger partial charge in [0.05, 0.1) is 0 Å². The Balaban J connectivity index is 1.86. The predicted molar refractivity (Wildman–Crippen MR) is 110 cm³/mol. The topological polar surface area (TPSA) is 66.0 Å². The Kier molecular flexibility index (Phi) is 8.66. The minimum atomic E-state index is -0.169. The number of terminal acetylenes is 1. The molecule has 1 aliphatic rings. The van der Waals surface area contributed by atoms with Crippen LogP contribution in [0.5, 0.6) is 0 Å². The van der Waals surface area contributed by atoms with E-state index in [0.717, 1.165) is 57.1 Å². The lowest BCUT2D eigenvalue weighted by Crippen LogP contribution is -2.40. The fourth-order valence-electron chi connectivity index (χ4n) is 3.02. The lowest BCUT2D eigenvalue weighted by Gasteiger charge is -2.26. The van der Waals surface area contributed by atoms with Gasteiger partial charge in [-0.1, -0.05) is 12.0 Å². The average Bonchev–Trinajstić information content (AvgIpc) is 2.70. The molecule has 27 heavy (non-hydrogen) atoms. The van der Waals surface area contributed by atoms with Crippen molar-refractivity contribution in [1.29, 1.82) is 0 Å². The molecule has 1 saturated heterocycles. The zero-order valence-corrected chi connectivity index (χ0v) is 16.3. The summed E-state index contributed by atoms with van der Waals surface area (Å²) >= 11 is 0. The van der Waals surface area contributed by atoms with Crippen molar-refractivity contribution >= 4 is 17.6 Å². The molecule has 0 unspecified atom stereocenters. The molecule has 0 bridgehead atoms. The van der Waals surface area contributed by atoms with Crippen molar-refractivity contribution in [1.82, 2.24) is 10.2 Å². The third kappa shape index (κ3) is 7.32. The highest BCUT2D eigenvalue weighted by atomic mass is 16.5. The van der Waals surface area contributed by atoms with Crippen molar-refractivity contribution in [2.45, 2.75) is 26.2 Å². The molecule has 0 atom stereocenters. The fourth-order valence-corrected chi connectivity index (χ4v) is 3.02. The third-order valence-electron chi connectivity index (χ3n) is 4.60. The van der Waals surface area contributed by atoms with Crippen LogP contribution in [0.3, 0.4) is 0 Å². The van der Waals surface area contributed by atoms with E-state index in [1.165, 1.54) is 0 Å². The van der Waals surface area contributed by atoms with E-state index < -0.39 is 0 Å². The summed E-state index contributed by atoms with van der Waals surface area (Å²) in [6.45, 7) is 5.47. The molecule has 1 amide bonds. The second-order valence-corrected chi connectivity index (χ2v) is 6.71. The first-order chi connectivity index (χ1) is 13.1. The zero-order chi connectivity index (χ0) is 19.5. The third-order valence-corrected chi connectivity index (χ3v) is 4.60. The Morgan fingerprint density at radius 2 is 2.19 bits per heavy atom. The molecular formula is C21H30N4O2. The van der Waals surface area contributed by atoms with E-state index >= 15 is 0 Å². The van der Waals surface area contributed by atoms with Crippen LogP contribution in [0.2, 0.25) is 0 Å². The number of carbonyl (C=O) groups excluding carboxylic acids is 1. The molecule has 2 N–H and O–H groups in total. The molecule has 2 rings (SSSR count). The maximum absolute atomic E-state index is 12.2. The minimum Gasteiger partial charge on any atom is -0.381 e. The normalized spacial score (nSPS) is 15.1. The highest BCUT2D eigenvalue weighted by Gasteiger charge is 2.15. The van der Waals surface area contributed by atoms with Crippen LogP contribution in [-0.2, 0) is 9.53 Å². The number of rotatable bonds is 7. The van der Waals surface area contributed by atoms with Crippen LogP contribution < -0.4 is 10.6 Å². The smallest absolute Gasteiger partial charge is 0.246 e. The Hall–Kier alpha value is -2.52. The Labute approximate surface area is 162 Å². The molecule has 1 fully saturated rings. The van der Waals surface area contributed by atoms with Crippen LogP contribution >= 0.6 is 0 Å². The molecule has 6 nitrogen and oxygen atoms in total. The van der Waals surface area contributed by atoms with Crippen LogP contribution in [0.25, 0.3) is 0 Å². The molecule has 1 aromatic rings. The number of nitrogens with one attached hydrogen (secondary N) is 2. The zero-order valence-electron chi connectivity index (χ0n) is 16.3. The van der Waals surface area contributed by atoms with Gasteiger partial charge in [-0.25, -0.2) is 4.99 Å². The molecule has 1 aromatic carbocycles. The SMILES string of the molecule is C#Cc1cccc(NC(=O)CN=C(NCC)N(C)CCC2CCOCC2)c1. The number of anilines is 1. The lowest BCUT2D eigenvalue weighted by atomic mass is 9.96. The minimum absolute atomic E-state index is 0.0597. The van der Waals surface area contributed by atoms with Gasteiger partial charge in [0.25, 0.3) is 0 Å². The van der Waals surface area contributed by atoms with Crippen molar-refractivity contribution in [3.8, 4) is 12.3 Å². The van der Waals surface area contributed by atoms with Gasteiger partial charge in [-0.15, -0.1) is 6.42 Å². The van der Waals surface area contributed by atoms with Gasteiger partial charge in [-0.05, 0) is 50.3 Å². The monoisotopic (exact) mass is 370 g/mol. The summed E-state index contributed by atoms with van der Waals surface area (Å²) < 4.78 is 5.42. The quantitative estimate of drug-likeness (QED) is 0.439. The first kappa shape index (κ1) is 20.8. The van der Waals surface area contributed by atoms with Crippen LogP contribution in [0.4, 0.5) is 5.69 Å². The fraction of sp³-hybridized carbons (Fsp3) is 0.524. The summed E-state index contributed by atoms with van der Waals surface area (Å²) in [5.74, 6) is 3.84.